The molecular weight excluding hydrogens is 272 g/mol. The number of rotatable bonds is 4. The van der Waals surface area contributed by atoms with E-state index in [9.17, 15) is 4.79 Å². The Kier molecular flexibility index (Phi) is 3.44. The SMILES string of the molecule is CCCC(=O)OCc1c(C)nc2sc3ccccc3n12. The van der Waals surface area contributed by atoms with Crippen LogP contribution in [-0.4, -0.2) is 15.4 Å². The zero-order valence-corrected chi connectivity index (χ0v) is 12.4. The Morgan fingerprint density at radius 3 is 3.00 bits per heavy atom. The van der Waals surface area contributed by atoms with E-state index in [-0.39, 0.29) is 12.6 Å². The van der Waals surface area contributed by atoms with Crippen LogP contribution in [-0.2, 0) is 16.1 Å². The number of hydrogen-bond donors (Lipinski definition) is 0. The second-order valence-corrected chi connectivity index (χ2v) is 5.75. The van der Waals surface area contributed by atoms with Crippen LogP contribution in [0.2, 0.25) is 0 Å². The summed E-state index contributed by atoms with van der Waals surface area (Å²) in [6.45, 7) is 4.21. The van der Waals surface area contributed by atoms with E-state index in [0.29, 0.717) is 6.42 Å². The first-order chi connectivity index (χ1) is 9.70. The van der Waals surface area contributed by atoms with Crippen molar-refractivity contribution in [1.29, 1.82) is 0 Å². The first-order valence-corrected chi connectivity index (χ1v) is 7.53. The summed E-state index contributed by atoms with van der Waals surface area (Å²) in [5.41, 5.74) is 3.00. The van der Waals surface area contributed by atoms with Crippen molar-refractivity contribution in [2.24, 2.45) is 0 Å². The second-order valence-electron chi connectivity index (χ2n) is 4.74. The van der Waals surface area contributed by atoms with Gasteiger partial charge >= 0.3 is 5.97 Å². The number of fused-ring (bicyclic) bond motifs is 3. The van der Waals surface area contributed by atoms with Gasteiger partial charge in [0.15, 0.2) is 4.96 Å². The molecule has 104 valence electrons. The average Bonchev–Trinajstić information content (AvgIpc) is 2.92. The Morgan fingerprint density at radius 1 is 1.40 bits per heavy atom. The van der Waals surface area contributed by atoms with Crippen molar-refractivity contribution in [1.82, 2.24) is 9.38 Å². The van der Waals surface area contributed by atoms with Gasteiger partial charge in [-0.15, -0.1) is 0 Å². The van der Waals surface area contributed by atoms with Crippen LogP contribution < -0.4 is 0 Å². The van der Waals surface area contributed by atoms with E-state index < -0.39 is 0 Å². The van der Waals surface area contributed by atoms with Gasteiger partial charge in [0.05, 0.1) is 21.6 Å². The largest absolute Gasteiger partial charge is 0.459 e. The summed E-state index contributed by atoms with van der Waals surface area (Å²) in [6, 6.07) is 8.18. The van der Waals surface area contributed by atoms with Gasteiger partial charge in [-0.25, -0.2) is 4.98 Å². The molecule has 0 fully saturated rings. The molecule has 0 aliphatic heterocycles. The highest BCUT2D eigenvalue weighted by Gasteiger charge is 2.15. The van der Waals surface area contributed by atoms with Gasteiger partial charge in [-0.05, 0) is 25.5 Å². The number of hydrogen-bond acceptors (Lipinski definition) is 4. The lowest BCUT2D eigenvalue weighted by atomic mass is 10.3. The van der Waals surface area contributed by atoms with E-state index in [0.717, 1.165) is 28.3 Å². The number of carbonyl (C=O) groups is 1. The first-order valence-electron chi connectivity index (χ1n) is 6.71. The smallest absolute Gasteiger partial charge is 0.306 e. The Morgan fingerprint density at radius 2 is 2.20 bits per heavy atom. The van der Waals surface area contributed by atoms with E-state index in [1.807, 2.05) is 26.0 Å². The molecule has 0 atom stereocenters. The van der Waals surface area contributed by atoms with Gasteiger partial charge in [-0.2, -0.15) is 0 Å². The minimum atomic E-state index is -0.151. The molecule has 3 rings (SSSR count). The van der Waals surface area contributed by atoms with Gasteiger partial charge in [-0.1, -0.05) is 30.4 Å². The topological polar surface area (TPSA) is 43.6 Å². The van der Waals surface area contributed by atoms with E-state index in [2.05, 4.69) is 21.5 Å². The molecule has 0 saturated carbocycles. The number of para-hydroxylation sites is 1. The molecule has 3 aromatic rings. The number of aryl methyl sites for hydroxylation is 1. The molecule has 0 aliphatic rings. The molecule has 20 heavy (non-hydrogen) atoms. The zero-order chi connectivity index (χ0) is 14.1. The first kappa shape index (κ1) is 13.1. The zero-order valence-electron chi connectivity index (χ0n) is 11.5. The van der Waals surface area contributed by atoms with E-state index in [4.69, 9.17) is 4.74 Å². The van der Waals surface area contributed by atoms with Crippen molar-refractivity contribution in [3.63, 3.8) is 0 Å². The third-order valence-electron chi connectivity index (χ3n) is 3.27. The van der Waals surface area contributed by atoms with Gasteiger partial charge in [0.1, 0.15) is 6.61 Å². The predicted octanol–water partition coefficient (Wildman–Crippen LogP) is 3.70. The van der Waals surface area contributed by atoms with Crippen LogP contribution in [0.25, 0.3) is 15.2 Å². The Bertz CT molecular complexity index is 773. The van der Waals surface area contributed by atoms with Crippen LogP contribution in [0.4, 0.5) is 0 Å². The van der Waals surface area contributed by atoms with Crippen LogP contribution in [0.1, 0.15) is 31.2 Å². The lowest BCUT2D eigenvalue weighted by Crippen LogP contribution is -2.06. The monoisotopic (exact) mass is 288 g/mol. The number of benzene rings is 1. The predicted molar refractivity (Wildman–Crippen MR) is 80.0 cm³/mol. The third-order valence-corrected chi connectivity index (χ3v) is 4.30. The number of thiazole rings is 1. The van der Waals surface area contributed by atoms with E-state index >= 15 is 0 Å². The normalized spacial score (nSPS) is 11.3. The van der Waals surface area contributed by atoms with Crippen molar-refractivity contribution in [2.45, 2.75) is 33.3 Å². The number of ether oxygens (including phenoxy) is 1. The van der Waals surface area contributed by atoms with Crippen molar-refractivity contribution in [3.05, 3.63) is 35.7 Å². The molecule has 0 radical (unpaired) electrons. The standard InChI is InChI=1S/C15H16N2O2S/c1-3-6-14(18)19-9-12-10(2)16-15-17(12)11-7-4-5-8-13(11)20-15/h4-5,7-8H,3,6,9H2,1-2H3. The van der Waals surface area contributed by atoms with Crippen molar-refractivity contribution in [2.75, 3.05) is 0 Å². The van der Waals surface area contributed by atoms with Crippen LogP contribution in [0, 0.1) is 6.92 Å². The Hall–Kier alpha value is -1.88. The molecule has 0 N–H and O–H groups in total. The summed E-state index contributed by atoms with van der Waals surface area (Å²) in [5.74, 6) is -0.151. The lowest BCUT2D eigenvalue weighted by Gasteiger charge is -2.05. The molecule has 2 heterocycles. The van der Waals surface area contributed by atoms with E-state index in [1.54, 1.807) is 11.3 Å². The van der Waals surface area contributed by atoms with Gasteiger partial charge in [0, 0.05) is 6.42 Å². The molecule has 0 spiro atoms. The molecule has 4 nitrogen and oxygen atoms in total. The highest BCUT2D eigenvalue weighted by atomic mass is 32.1. The maximum atomic E-state index is 11.5. The third kappa shape index (κ3) is 2.18. The summed E-state index contributed by atoms with van der Waals surface area (Å²) >= 11 is 1.65. The summed E-state index contributed by atoms with van der Waals surface area (Å²) in [6.07, 6.45) is 1.27. The number of aromatic nitrogens is 2. The summed E-state index contributed by atoms with van der Waals surface area (Å²) in [5, 5.41) is 0. The average molecular weight is 288 g/mol. The fourth-order valence-electron chi connectivity index (χ4n) is 2.27. The molecule has 0 amide bonds. The second kappa shape index (κ2) is 5.25. The van der Waals surface area contributed by atoms with Crippen molar-refractivity contribution < 1.29 is 9.53 Å². The minimum absolute atomic E-state index is 0.151. The number of imidazole rings is 1. The van der Waals surface area contributed by atoms with Gasteiger partial charge in [0.2, 0.25) is 0 Å². The number of esters is 1. The van der Waals surface area contributed by atoms with Crippen LogP contribution in [0.3, 0.4) is 0 Å². The summed E-state index contributed by atoms with van der Waals surface area (Å²) in [4.78, 5) is 17.1. The quantitative estimate of drug-likeness (QED) is 0.687. The van der Waals surface area contributed by atoms with Crippen LogP contribution >= 0.6 is 11.3 Å². The highest BCUT2D eigenvalue weighted by Crippen LogP contribution is 2.28. The van der Waals surface area contributed by atoms with Crippen LogP contribution in [0.5, 0.6) is 0 Å². The summed E-state index contributed by atoms with van der Waals surface area (Å²) in [7, 11) is 0. The molecule has 0 aliphatic carbocycles. The number of carbonyl (C=O) groups excluding carboxylic acids is 1. The maximum Gasteiger partial charge on any atom is 0.306 e. The minimum Gasteiger partial charge on any atom is -0.459 e. The molecule has 1 aromatic carbocycles. The highest BCUT2D eigenvalue weighted by molar-refractivity contribution is 7.23. The molecule has 0 bridgehead atoms. The van der Waals surface area contributed by atoms with E-state index in [1.165, 1.54) is 4.70 Å². The fourth-order valence-corrected chi connectivity index (χ4v) is 3.36. The van der Waals surface area contributed by atoms with Gasteiger partial charge in [-0.3, -0.25) is 9.20 Å². The Balaban J connectivity index is 2.00. The van der Waals surface area contributed by atoms with Gasteiger partial charge in [0.25, 0.3) is 0 Å². The number of nitrogens with zero attached hydrogens (tertiary/aromatic N) is 2. The maximum absolute atomic E-state index is 11.5. The molecule has 0 unspecified atom stereocenters. The van der Waals surface area contributed by atoms with Gasteiger partial charge < -0.3 is 4.74 Å². The fraction of sp³-hybridized carbons (Fsp3) is 0.333. The van der Waals surface area contributed by atoms with Crippen LogP contribution in [0.15, 0.2) is 24.3 Å². The molecular formula is C15H16N2O2S. The molecule has 5 heteroatoms. The Labute approximate surface area is 121 Å². The van der Waals surface area contributed by atoms with Crippen molar-refractivity contribution in [3.8, 4) is 0 Å². The van der Waals surface area contributed by atoms with Crippen molar-refractivity contribution >= 4 is 32.5 Å². The molecule has 0 saturated heterocycles. The summed E-state index contributed by atoms with van der Waals surface area (Å²) < 4.78 is 8.62. The molecule has 2 aromatic heterocycles. The lowest BCUT2D eigenvalue weighted by molar-refractivity contribution is -0.145.